The smallest absolute Gasteiger partial charge is 0.321 e. The van der Waals surface area contributed by atoms with E-state index in [4.69, 9.17) is 0 Å². The van der Waals surface area contributed by atoms with Crippen molar-refractivity contribution in [2.75, 3.05) is 11.9 Å². The molecule has 3 aromatic heterocycles. The Labute approximate surface area is 173 Å². The van der Waals surface area contributed by atoms with Gasteiger partial charge in [0, 0.05) is 44.3 Å². The molecular formula is C21H21N7O2. The number of allylic oxidation sites excluding steroid dienone is 4. The first-order valence-electron chi connectivity index (χ1n) is 9.54. The van der Waals surface area contributed by atoms with Crippen LogP contribution in [0.3, 0.4) is 0 Å². The van der Waals surface area contributed by atoms with Gasteiger partial charge in [0.2, 0.25) is 11.7 Å². The third-order valence-electron chi connectivity index (χ3n) is 4.61. The fourth-order valence-corrected chi connectivity index (χ4v) is 3.22. The molecule has 152 valence electrons. The van der Waals surface area contributed by atoms with Crippen molar-refractivity contribution in [3.8, 4) is 0 Å². The molecule has 4 rings (SSSR count). The van der Waals surface area contributed by atoms with Crippen LogP contribution in [0.15, 0.2) is 49.2 Å². The van der Waals surface area contributed by atoms with E-state index in [2.05, 4.69) is 30.6 Å². The van der Waals surface area contributed by atoms with Crippen molar-refractivity contribution in [2.24, 2.45) is 7.05 Å². The van der Waals surface area contributed by atoms with Crippen molar-refractivity contribution in [1.29, 1.82) is 0 Å². The van der Waals surface area contributed by atoms with Crippen LogP contribution in [0.25, 0.3) is 11.1 Å². The minimum absolute atomic E-state index is 0.246. The summed E-state index contributed by atoms with van der Waals surface area (Å²) in [6, 6.07) is 3.42. The SMILES string of the molecule is CCNC(=O)Nc1nc2c([nH]1)CC=C(c1cccnc1)C=C2C(=O)c1cn(C)cn1. The number of ketones is 1. The number of carbonyl (C=O) groups excluding carboxylic acids is 2. The lowest BCUT2D eigenvalue weighted by Crippen LogP contribution is -2.28. The van der Waals surface area contributed by atoms with E-state index in [1.807, 2.05) is 25.1 Å². The van der Waals surface area contributed by atoms with E-state index in [0.29, 0.717) is 29.9 Å². The highest BCUT2D eigenvalue weighted by molar-refractivity contribution is 6.29. The second-order valence-electron chi connectivity index (χ2n) is 6.81. The lowest BCUT2D eigenvalue weighted by Gasteiger charge is -2.05. The Bertz CT molecular complexity index is 1160. The number of hydrogen-bond donors (Lipinski definition) is 3. The molecule has 9 nitrogen and oxygen atoms in total. The van der Waals surface area contributed by atoms with Gasteiger partial charge in [-0.25, -0.2) is 14.8 Å². The number of anilines is 1. The quantitative estimate of drug-likeness (QED) is 0.566. The fourth-order valence-electron chi connectivity index (χ4n) is 3.22. The predicted molar refractivity (Wildman–Crippen MR) is 113 cm³/mol. The molecule has 0 saturated heterocycles. The monoisotopic (exact) mass is 403 g/mol. The number of Topliss-reactive ketones (excluding diaryl/α,β-unsaturated/α-hetero) is 1. The number of rotatable bonds is 5. The normalized spacial score (nSPS) is 13.0. The van der Waals surface area contributed by atoms with Crippen LogP contribution in [-0.4, -0.2) is 42.9 Å². The maximum atomic E-state index is 13.3. The molecule has 0 spiro atoms. The Hall–Kier alpha value is -4.01. The molecular weight excluding hydrogens is 382 g/mol. The molecule has 0 atom stereocenters. The van der Waals surface area contributed by atoms with Crippen LogP contribution in [0.5, 0.6) is 0 Å². The Morgan fingerprint density at radius 3 is 2.90 bits per heavy atom. The number of pyridine rings is 1. The first kappa shape index (κ1) is 19.3. The largest absolute Gasteiger partial charge is 0.340 e. The number of amides is 2. The van der Waals surface area contributed by atoms with Crippen molar-refractivity contribution in [2.45, 2.75) is 13.3 Å². The zero-order valence-electron chi connectivity index (χ0n) is 16.6. The number of aromatic amines is 1. The van der Waals surface area contributed by atoms with Gasteiger partial charge in [-0.1, -0.05) is 12.1 Å². The summed E-state index contributed by atoms with van der Waals surface area (Å²) in [6.45, 7) is 2.32. The third-order valence-corrected chi connectivity index (χ3v) is 4.61. The van der Waals surface area contributed by atoms with Crippen LogP contribution < -0.4 is 10.6 Å². The van der Waals surface area contributed by atoms with Crippen molar-refractivity contribution in [1.82, 2.24) is 29.8 Å². The summed E-state index contributed by atoms with van der Waals surface area (Å²) in [5.41, 5.74) is 3.71. The molecule has 0 fully saturated rings. The average Bonchev–Trinajstić information content (AvgIpc) is 3.30. The summed E-state index contributed by atoms with van der Waals surface area (Å²) in [5.74, 6) is 0.0356. The molecule has 0 radical (unpaired) electrons. The van der Waals surface area contributed by atoms with E-state index >= 15 is 0 Å². The van der Waals surface area contributed by atoms with Gasteiger partial charge in [-0.15, -0.1) is 0 Å². The van der Waals surface area contributed by atoms with Crippen LogP contribution in [-0.2, 0) is 13.5 Å². The number of urea groups is 1. The minimum atomic E-state index is -0.366. The Morgan fingerprint density at radius 2 is 2.20 bits per heavy atom. The summed E-state index contributed by atoms with van der Waals surface area (Å²) in [4.78, 5) is 41.2. The number of nitrogens with one attached hydrogen (secondary N) is 3. The number of fused-ring (bicyclic) bond motifs is 1. The molecule has 3 aromatic rings. The van der Waals surface area contributed by atoms with E-state index in [1.165, 1.54) is 0 Å². The van der Waals surface area contributed by atoms with Crippen LogP contribution in [0.1, 0.15) is 34.4 Å². The number of nitrogens with zero attached hydrogens (tertiary/aromatic N) is 4. The van der Waals surface area contributed by atoms with E-state index in [9.17, 15) is 9.59 Å². The summed E-state index contributed by atoms with van der Waals surface area (Å²) < 4.78 is 1.72. The van der Waals surface area contributed by atoms with E-state index < -0.39 is 0 Å². The lowest BCUT2D eigenvalue weighted by atomic mass is 10.0. The first-order valence-corrected chi connectivity index (χ1v) is 9.54. The molecule has 3 N–H and O–H groups in total. The molecule has 2 amide bonds. The van der Waals surface area contributed by atoms with Gasteiger partial charge < -0.3 is 14.9 Å². The number of aromatic nitrogens is 5. The van der Waals surface area contributed by atoms with Gasteiger partial charge in [-0.05, 0) is 30.2 Å². The van der Waals surface area contributed by atoms with Crippen molar-refractivity contribution >= 4 is 28.9 Å². The number of carbonyl (C=O) groups is 2. The highest BCUT2D eigenvalue weighted by Gasteiger charge is 2.25. The van der Waals surface area contributed by atoms with Gasteiger partial charge in [-0.3, -0.25) is 15.1 Å². The van der Waals surface area contributed by atoms with Crippen LogP contribution in [0, 0.1) is 0 Å². The van der Waals surface area contributed by atoms with Crippen LogP contribution in [0.4, 0.5) is 10.7 Å². The van der Waals surface area contributed by atoms with Gasteiger partial charge in [0.1, 0.15) is 5.69 Å². The summed E-state index contributed by atoms with van der Waals surface area (Å²) in [5, 5.41) is 5.32. The fraction of sp³-hybridized carbons (Fsp3) is 0.190. The standard InChI is InChI=1S/C21H21N7O2/c1-3-23-21(30)27-20-25-16-7-6-13(14-5-4-8-22-10-14)9-15(18(16)26-20)19(29)17-11-28(2)12-24-17/h4-6,8-12H,3,7H2,1-2H3,(H3,23,25,26,27,30). The molecule has 3 heterocycles. The highest BCUT2D eigenvalue weighted by atomic mass is 16.2. The topological polar surface area (TPSA) is 118 Å². The van der Waals surface area contributed by atoms with Gasteiger partial charge in [0.15, 0.2) is 0 Å². The van der Waals surface area contributed by atoms with Crippen molar-refractivity contribution in [3.63, 3.8) is 0 Å². The van der Waals surface area contributed by atoms with Crippen molar-refractivity contribution < 1.29 is 9.59 Å². The Kier molecular flexibility index (Phi) is 5.25. The zero-order chi connectivity index (χ0) is 21.1. The number of hydrogen-bond acceptors (Lipinski definition) is 5. The van der Waals surface area contributed by atoms with Crippen LogP contribution >= 0.6 is 0 Å². The van der Waals surface area contributed by atoms with Gasteiger partial charge in [0.25, 0.3) is 0 Å². The molecule has 9 heteroatoms. The van der Waals surface area contributed by atoms with Gasteiger partial charge >= 0.3 is 6.03 Å². The molecule has 0 saturated carbocycles. The maximum Gasteiger partial charge on any atom is 0.321 e. The number of H-pyrrole nitrogens is 1. The average molecular weight is 403 g/mol. The molecule has 0 aromatic carbocycles. The molecule has 0 aliphatic heterocycles. The summed E-state index contributed by atoms with van der Waals surface area (Å²) in [6.07, 6.45) is 11.0. The van der Waals surface area contributed by atoms with Gasteiger partial charge in [-0.2, -0.15) is 0 Å². The molecule has 1 aliphatic carbocycles. The molecule has 0 bridgehead atoms. The van der Waals surface area contributed by atoms with E-state index in [-0.39, 0.29) is 17.8 Å². The Morgan fingerprint density at radius 1 is 1.33 bits per heavy atom. The van der Waals surface area contributed by atoms with E-state index in [0.717, 1.165) is 16.8 Å². The Balaban J connectivity index is 1.76. The zero-order valence-corrected chi connectivity index (χ0v) is 16.6. The second-order valence-corrected chi connectivity index (χ2v) is 6.81. The molecule has 0 unspecified atom stereocenters. The number of imidazole rings is 2. The minimum Gasteiger partial charge on any atom is -0.340 e. The summed E-state index contributed by atoms with van der Waals surface area (Å²) >= 11 is 0. The highest BCUT2D eigenvalue weighted by Crippen LogP contribution is 2.31. The number of aryl methyl sites for hydroxylation is 1. The third kappa shape index (κ3) is 3.90. The predicted octanol–water partition coefficient (Wildman–Crippen LogP) is 2.59. The molecule has 30 heavy (non-hydrogen) atoms. The maximum absolute atomic E-state index is 13.3. The summed E-state index contributed by atoms with van der Waals surface area (Å²) in [7, 11) is 1.81. The van der Waals surface area contributed by atoms with E-state index in [1.54, 1.807) is 42.6 Å². The van der Waals surface area contributed by atoms with Crippen LogP contribution in [0.2, 0.25) is 0 Å². The second kappa shape index (κ2) is 8.16. The van der Waals surface area contributed by atoms with Crippen molar-refractivity contribution in [3.05, 3.63) is 71.8 Å². The molecule has 1 aliphatic rings. The lowest BCUT2D eigenvalue weighted by molar-refractivity contribution is 0.105. The first-order chi connectivity index (χ1) is 14.5. The van der Waals surface area contributed by atoms with Gasteiger partial charge in [0.05, 0.1) is 17.6 Å².